The minimum atomic E-state index is -0.319. The number of alkyl halides is 1. The second kappa shape index (κ2) is 8.28. The van der Waals surface area contributed by atoms with Crippen molar-refractivity contribution in [1.29, 1.82) is 0 Å². The Morgan fingerprint density at radius 2 is 2.12 bits per heavy atom. The van der Waals surface area contributed by atoms with Gasteiger partial charge >= 0.3 is 6.09 Å². The van der Waals surface area contributed by atoms with Crippen molar-refractivity contribution in [3.05, 3.63) is 0 Å². The number of unbranched alkanes of at least 4 members (excludes halogenated alkanes) is 1. The number of hydrogen-bond donors (Lipinski definition) is 0. The molecule has 5 heteroatoms. The fourth-order valence-corrected chi connectivity index (χ4v) is 1.89. The van der Waals surface area contributed by atoms with E-state index in [1.54, 1.807) is 4.90 Å². The Bertz CT molecular complexity index is 227. The van der Waals surface area contributed by atoms with E-state index in [-0.39, 0.29) is 12.8 Å². The van der Waals surface area contributed by atoms with Gasteiger partial charge < -0.3 is 9.64 Å². The lowest BCUT2D eigenvalue weighted by Crippen LogP contribution is -2.36. The number of rotatable bonds is 5. The summed E-state index contributed by atoms with van der Waals surface area (Å²) in [7, 11) is 0. The van der Waals surface area contributed by atoms with Gasteiger partial charge in [0.05, 0.1) is 6.61 Å². The minimum Gasteiger partial charge on any atom is -0.449 e. The maximum atomic E-state index is 12.2. The molecule has 1 saturated heterocycles. The summed E-state index contributed by atoms with van der Waals surface area (Å²) in [4.78, 5) is 15.5. The second-order valence-corrected chi connectivity index (χ2v) is 4.34. The van der Waals surface area contributed by atoms with Gasteiger partial charge in [0.1, 0.15) is 6.67 Å². The van der Waals surface area contributed by atoms with Gasteiger partial charge in [0.25, 0.3) is 0 Å². The average Bonchev–Trinajstić information content (AvgIpc) is 2.55. The van der Waals surface area contributed by atoms with E-state index in [4.69, 9.17) is 4.74 Å². The molecular formula is C12H23FN2O2. The van der Waals surface area contributed by atoms with Crippen LogP contribution in [0.3, 0.4) is 0 Å². The zero-order valence-corrected chi connectivity index (χ0v) is 10.7. The van der Waals surface area contributed by atoms with Gasteiger partial charge in [-0.05, 0) is 19.4 Å². The molecule has 4 nitrogen and oxygen atoms in total. The van der Waals surface area contributed by atoms with Crippen LogP contribution in [0.1, 0.15) is 26.2 Å². The fourth-order valence-electron chi connectivity index (χ4n) is 1.89. The van der Waals surface area contributed by atoms with Crippen LogP contribution in [0.25, 0.3) is 0 Å². The molecule has 0 aromatic rings. The van der Waals surface area contributed by atoms with Crippen molar-refractivity contribution in [2.45, 2.75) is 26.2 Å². The van der Waals surface area contributed by atoms with Crippen LogP contribution in [-0.4, -0.2) is 61.9 Å². The molecular weight excluding hydrogens is 223 g/mol. The van der Waals surface area contributed by atoms with Crippen molar-refractivity contribution in [1.82, 2.24) is 9.80 Å². The van der Waals surface area contributed by atoms with Gasteiger partial charge in [-0.15, -0.1) is 0 Å². The average molecular weight is 246 g/mol. The first-order valence-corrected chi connectivity index (χ1v) is 6.48. The van der Waals surface area contributed by atoms with E-state index in [1.807, 2.05) is 0 Å². The first-order valence-electron chi connectivity index (χ1n) is 6.48. The number of carbonyl (C=O) groups is 1. The maximum absolute atomic E-state index is 12.2. The number of nitrogens with zero attached hydrogens (tertiary/aromatic N) is 2. The summed E-state index contributed by atoms with van der Waals surface area (Å²) in [6.45, 7) is 5.68. The highest BCUT2D eigenvalue weighted by Crippen LogP contribution is 2.05. The molecule has 0 radical (unpaired) electrons. The molecule has 1 aliphatic heterocycles. The molecule has 0 aromatic heterocycles. The maximum Gasteiger partial charge on any atom is 0.409 e. The summed E-state index contributed by atoms with van der Waals surface area (Å²) < 4.78 is 17.4. The lowest BCUT2D eigenvalue weighted by atomic mass is 10.4. The highest BCUT2D eigenvalue weighted by Gasteiger charge is 2.19. The third-order valence-electron chi connectivity index (χ3n) is 2.97. The van der Waals surface area contributed by atoms with Crippen molar-refractivity contribution in [3.8, 4) is 0 Å². The summed E-state index contributed by atoms with van der Waals surface area (Å²) in [5.41, 5.74) is 0. The van der Waals surface area contributed by atoms with E-state index in [2.05, 4.69) is 11.8 Å². The van der Waals surface area contributed by atoms with Crippen molar-refractivity contribution in [3.63, 3.8) is 0 Å². The standard InChI is InChI=1S/C12H23FN2O2/c1-2-3-11-17-12(16)15-7-4-6-14(8-5-13)9-10-15/h2-11H2,1H3. The van der Waals surface area contributed by atoms with Crippen molar-refractivity contribution >= 4 is 6.09 Å². The van der Waals surface area contributed by atoms with E-state index in [1.165, 1.54) is 0 Å². The van der Waals surface area contributed by atoms with Crippen molar-refractivity contribution in [2.24, 2.45) is 0 Å². The molecule has 0 aromatic carbocycles. The van der Waals surface area contributed by atoms with Crippen LogP contribution < -0.4 is 0 Å². The van der Waals surface area contributed by atoms with Crippen LogP contribution in [0.5, 0.6) is 0 Å². The van der Waals surface area contributed by atoms with Gasteiger partial charge in [0, 0.05) is 26.2 Å². The third-order valence-corrected chi connectivity index (χ3v) is 2.97. The van der Waals surface area contributed by atoms with E-state index in [0.717, 1.165) is 32.4 Å². The van der Waals surface area contributed by atoms with Crippen molar-refractivity contribution in [2.75, 3.05) is 46.0 Å². The monoisotopic (exact) mass is 246 g/mol. The lowest BCUT2D eigenvalue weighted by molar-refractivity contribution is 0.102. The Kier molecular flexibility index (Phi) is 6.93. The zero-order valence-electron chi connectivity index (χ0n) is 10.7. The van der Waals surface area contributed by atoms with Crippen molar-refractivity contribution < 1.29 is 13.9 Å². The molecule has 100 valence electrons. The molecule has 0 spiro atoms. The normalized spacial score (nSPS) is 17.9. The van der Waals surface area contributed by atoms with Crippen LogP contribution >= 0.6 is 0 Å². The first kappa shape index (κ1) is 14.2. The van der Waals surface area contributed by atoms with Crippen LogP contribution in [0.4, 0.5) is 9.18 Å². The SMILES string of the molecule is CCCCOC(=O)N1CCCN(CCF)CC1. The molecule has 0 saturated carbocycles. The predicted molar refractivity (Wildman–Crippen MR) is 64.9 cm³/mol. The molecule has 0 N–H and O–H groups in total. The topological polar surface area (TPSA) is 32.8 Å². The molecule has 0 aliphatic carbocycles. The summed E-state index contributed by atoms with van der Waals surface area (Å²) in [5, 5.41) is 0. The summed E-state index contributed by atoms with van der Waals surface area (Å²) in [6, 6.07) is 0. The molecule has 1 aliphatic rings. The van der Waals surface area contributed by atoms with Gasteiger partial charge in [-0.1, -0.05) is 13.3 Å². The Labute approximate surface area is 103 Å². The zero-order chi connectivity index (χ0) is 12.5. The number of ether oxygens (including phenoxy) is 1. The Hall–Kier alpha value is -0.840. The number of amides is 1. The quantitative estimate of drug-likeness (QED) is 0.695. The predicted octanol–water partition coefficient (Wildman–Crippen LogP) is 1.90. The van der Waals surface area contributed by atoms with Gasteiger partial charge in [0.2, 0.25) is 0 Å². The number of hydrogen-bond acceptors (Lipinski definition) is 3. The molecule has 0 bridgehead atoms. The second-order valence-electron chi connectivity index (χ2n) is 4.34. The van der Waals surface area contributed by atoms with E-state index in [9.17, 15) is 9.18 Å². The van der Waals surface area contributed by atoms with E-state index >= 15 is 0 Å². The lowest BCUT2D eigenvalue weighted by Gasteiger charge is -2.20. The van der Waals surface area contributed by atoms with Gasteiger partial charge in [0.15, 0.2) is 0 Å². The molecule has 1 fully saturated rings. The van der Waals surface area contributed by atoms with Gasteiger partial charge in [-0.3, -0.25) is 4.90 Å². The fraction of sp³-hybridized carbons (Fsp3) is 0.917. The molecule has 1 rings (SSSR count). The van der Waals surface area contributed by atoms with Crippen LogP contribution in [0, 0.1) is 0 Å². The number of carbonyl (C=O) groups excluding carboxylic acids is 1. The van der Waals surface area contributed by atoms with Crippen LogP contribution in [0.15, 0.2) is 0 Å². The summed E-state index contributed by atoms with van der Waals surface area (Å²) in [6.07, 6.45) is 2.61. The highest BCUT2D eigenvalue weighted by molar-refractivity contribution is 5.67. The van der Waals surface area contributed by atoms with Gasteiger partial charge in [-0.2, -0.15) is 0 Å². The molecule has 1 amide bonds. The highest BCUT2D eigenvalue weighted by atomic mass is 19.1. The van der Waals surface area contributed by atoms with Crippen LogP contribution in [0.2, 0.25) is 0 Å². The third kappa shape index (κ3) is 5.35. The largest absolute Gasteiger partial charge is 0.449 e. The van der Waals surface area contributed by atoms with E-state index in [0.29, 0.717) is 26.2 Å². The Balaban J connectivity index is 2.27. The molecule has 17 heavy (non-hydrogen) atoms. The van der Waals surface area contributed by atoms with Gasteiger partial charge in [-0.25, -0.2) is 9.18 Å². The Morgan fingerprint density at radius 1 is 1.29 bits per heavy atom. The first-order chi connectivity index (χ1) is 8.27. The number of halogens is 1. The smallest absolute Gasteiger partial charge is 0.409 e. The molecule has 0 unspecified atom stereocenters. The molecule has 1 heterocycles. The summed E-state index contributed by atoms with van der Waals surface area (Å²) >= 11 is 0. The minimum absolute atomic E-state index is 0.222. The molecule has 0 atom stereocenters. The van der Waals surface area contributed by atoms with Crippen LogP contribution in [-0.2, 0) is 4.74 Å². The Morgan fingerprint density at radius 3 is 2.82 bits per heavy atom. The summed E-state index contributed by atoms with van der Waals surface area (Å²) in [5.74, 6) is 0. The van der Waals surface area contributed by atoms with E-state index < -0.39 is 0 Å².